The number of halogens is 3. The van der Waals surface area contributed by atoms with Crippen molar-refractivity contribution in [2.75, 3.05) is 18.4 Å². The first-order valence-corrected chi connectivity index (χ1v) is 8.33. The number of nitro groups is 1. The fourth-order valence-corrected chi connectivity index (χ4v) is 2.39. The van der Waals surface area contributed by atoms with E-state index in [4.69, 9.17) is 0 Å². The van der Waals surface area contributed by atoms with Crippen molar-refractivity contribution in [2.45, 2.75) is 19.2 Å². The number of carbonyl (C=O) groups is 1. The molecule has 1 amide bonds. The molecule has 0 saturated heterocycles. The van der Waals surface area contributed by atoms with E-state index in [-0.39, 0.29) is 30.3 Å². The van der Waals surface area contributed by atoms with E-state index in [0.29, 0.717) is 18.7 Å². The molecule has 0 heterocycles. The summed E-state index contributed by atoms with van der Waals surface area (Å²) >= 11 is 0. The lowest BCUT2D eigenvalue weighted by Crippen LogP contribution is -2.27. The summed E-state index contributed by atoms with van der Waals surface area (Å²) in [6.45, 7) is 0.532. The summed E-state index contributed by atoms with van der Waals surface area (Å²) in [6, 6.07) is 11.5. The first kappa shape index (κ1) is 21.0. The van der Waals surface area contributed by atoms with Crippen molar-refractivity contribution in [2.24, 2.45) is 0 Å². The molecule has 10 heteroatoms. The smallest absolute Gasteiger partial charge is 0.406 e. The number of benzene rings is 2. The molecule has 0 aliphatic carbocycles. The van der Waals surface area contributed by atoms with Gasteiger partial charge in [0, 0.05) is 25.6 Å². The first-order valence-electron chi connectivity index (χ1n) is 8.33. The standard InChI is InChI=1S/C18H18F3N3O4/c19-18(20,21)28-14-7-5-13(6-8-14)9-11-23-17(25)10-12-22-15-3-1-2-4-16(15)24(26)27/h1-8,22H,9-12H2,(H,23,25). The van der Waals surface area contributed by atoms with Crippen LogP contribution in [-0.2, 0) is 11.2 Å². The third kappa shape index (κ3) is 7.14. The van der Waals surface area contributed by atoms with E-state index < -0.39 is 11.3 Å². The minimum atomic E-state index is -4.73. The van der Waals surface area contributed by atoms with Crippen LogP contribution in [0.5, 0.6) is 5.75 Å². The Morgan fingerprint density at radius 2 is 1.75 bits per heavy atom. The molecule has 7 nitrogen and oxygen atoms in total. The van der Waals surface area contributed by atoms with E-state index in [1.165, 1.54) is 30.3 Å². The Morgan fingerprint density at radius 1 is 1.07 bits per heavy atom. The molecular weight excluding hydrogens is 379 g/mol. The second-order valence-corrected chi connectivity index (χ2v) is 5.74. The number of nitrogens with one attached hydrogen (secondary N) is 2. The van der Waals surface area contributed by atoms with Crippen LogP contribution in [0.15, 0.2) is 48.5 Å². The second-order valence-electron chi connectivity index (χ2n) is 5.74. The van der Waals surface area contributed by atoms with Crippen molar-refractivity contribution in [1.29, 1.82) is 0 Å². The van der Waals surface area contributed by atoms with Gasteiger partial charge in [0.1, 0.15) is 11.4 Å². The number of hydrogen-bond acceptors (Lipinski definition) is 5. The van der Waals surface area contributed by atoms with Crippen molar-refractivity contribution >= 4 is 17.3 Å². The van der Waals surface area contributed by atoms with Crippen molar-refractivity contribution in [3.63, 3.8) is 0 Å². The zero-order valence-electron chi connectivity index (χ0n) is 14.7. The van der Waals surface area contributed by atoms with Crippen LogP contribution in [0, 0.1) is 10.1 Å². The third-order valence-electron chi connectivity index (χ3n) is 3.66. The van der Waals surface area contributed by atoms with Gasteiger partial charge in [0.25, 0.3) is 5.69 Å². The van der Waals surface area contributed by atoms with Gasteiger partial charge in [0.05, 0.1) is 4.92 Å². The van der Waals surface area contributed by atoms with E-state index in [1.54, 1.807) is 18.2 Å². The van der Waals surface area contributed by atoms with E-state index in [1.807, 2.05) is 0 Å². The van der Waals surface area contributed by atoms with Crippen LogP contribution in [-0.4, -0.2) is 30.3 Å². The summed E-state index contributed by atoms with van der Waals surface area (Å²) in [5, 5.41) is 16.4. The van der Waals surface area contributed by atoms with Gasteiger partial charge in [-0.25, -0.2) is 0 Å². The van der Waals surface area contributed by atoms with Gasteiger partial charge < -0.3 is 15.4 Å². The summed E-state index contributed by atoms with van der Waals surface area (Å²) in [7, 11) is 0. The maximum absolute atomic E-state index is 12.1. The molecule has 0 atom stereocenters. The Balaban J connectivity index is 1.70. The van der Waals surface area contributed by atoms with E-state index in [9.17, 15) is 28.1 Å². The average molecular weight is 397 g/mol. The molecule has 2 rings (SSSR count). The molecule has 0 saturated carbocycles. The van der Waals surface area contributed by atoms with Gasteiger partial charge in [0.2, 0.25) is 5.91 Å². The number of anilines is 1. The van der Waals surface area contributed by atoms with E-state index in [2.05, 4.69) is 15.4 Å². The number of nitrogens with zero attached hydrogens (tertiary/aromatic N) is 1. The SMILES string of the molecule is O=C(CCNc1ccccc1[N+](=O)[O-])NCCc1ccc(OC(F)(F)F)cc1. The molecule has 0 aromatic heterocycles. The van der Waals surface area contributed by atoms with Crippen LogP contribution in [0.1, 0.15) is 12.0 Å². The average Bonchev–Trinajstić information content (AvgIpc) is 2.62. The van der Waals surface area contributed by atoms with Gasteiger partial charge >= 0.3 is 6.36 Å². The lowest BCUT2D eigenvalue weighted by atomic mass is 10.1. The fraction of sp³-hybridized carbons (Fsp3) is 0.278. The minimum Gasteiger partial charge on any atom is -0.406 e. The van der Waals surface area contributed by atoms with Crippen LogP contribution < -0.4 is 15.4 Å². The van der Waals surface area contributed by atoms with E-state index >= 15 is 0 Å². The molecule has 28 heavy (non-hydrogen) atoms. The van der Waals surface area contributed by atoms with Gasteiger partial charge in [-0.2, -0.15) is 0 Å². The predicted octanol–water partition coefficient (Wildman–Crippen LogP) is 3.65. The van der Waals surface area contributed by atoms with Crippen molar-refractivity contribution in [3.05, 3.63) is 64.2 Å². The Morgan fingerprint density at radius 3 is 2.39 bits per heavy atom. The zero-order valence-corrected chi connectivity index (χ0v) is 14.7. The van der Waals surface area contributed by atoms with Crippen molar-refractivity contribution < 1.29 is 27.6 Å². The molecule has 0 radical (unpaired) electrons. The molecule has 0 fully saturated rings. The monoisotopic (exact) mass is 397 g/mol. The summed E-state index contributed by atoms with van der Waals surface area (Å²) in [5.41, 5.74) is 1.01. The molecule has 2 aromatic rings. The van der Waals surface area contributed by atoms with Crippen LogP contribution in [0.25, 0.3) is 0 Å². The summed E-state index contributed by atoms with van der Waals surface area (Å²) < 4.78 is 40.1. The van der Waals surface area contributed by atoms with Gasteiger partial charge in [-0.1, -0.05) is 24.3 Å². The lowest BCUT2D eigenvalue weighted by Gasteiger charge is -2.10. The molecule has 0 aliphatic rings. The highest BCUT2D eigenvalue weighted by Gasteiger charge is 2.30. The number of amides is 1. The second kappa shape index (κ2) is 9.58. The number of hydrogen-bond donors (Lipinski definition) is 2. The molecule has 0 bridgehead atoms. The van der Waals surface area contributed by atoms with Crippen LogP contribution in [0.4, 0.5) is 24.5 Å². The highest BCUT2D eigenvalue weighted by atomic mass is 19.4. The molecule has 150 valence electrons. The highest BCUT2D eigenvalue weighted by Crippen LogP contribution is 2.23. The Kier molecular flexibility index (Phi) is 7.19. The van der Waals surface area contributed by atoms with Crippen LogP contribution in [0.3, 0.4) is 0 Å². The summed E-state index contributed by atoms with van der Waals surface area (Å²) in [6.07, 6.45) is -4.18. The first-order chi connectivity index (χ1) is 13.2. The van der Waals surface area contributed by atoms with Gasteiger partial charge in [0.15, 0.2) is 0 Å². The fourth-order valence-electron chi connectivity index (χ4n) is 2.39. The van der Waals surface area contributed by atoms with Gasteiger partial charge in [-0.05, 0) is 30.2 Å². The molecule has 0 aliphatic heterocycles. The Labute approximate surface area is 158 Å². The summed E-state index contributed by atoms with van der Waals surface area (Å²) in [5.74, 6) is -0.551. The zero-order chi connectivity index (χ0) is 20.6. The Bertz CT molecular complexity index is 810. The van der Waals surface area contributed by atoms with Gasteiger partial charge in [-0.15, -0.1) is 13.2 Å². The Hall–Kier alpha value is -3.30. The molecule has 2 N–H and O–H groups in total. The molecular formula is C18H18F3N3O4. The maximum Gasteiger partial charge on any atom is 0.573 e. The summed E-state index contributed by atoms with van der Waals surface area (Å²) in [4.78, 5) is 22.2. The number of ether oxygens (including phenoxy) is 1. The molecule has 0 spiro atoms. The van der Waals surface area contributed by atoms with Crippen LogP contribution in [0.2, 0.25) is 0 Å². The maximum atomic E-state index is 12.1. The van der Waals surface area contributed by atoms with Gasteiger partial charge in [-0.3, -0.25) is 14.9 Å². The predicted molar refractivity (Wildman–Crippen MR) is 96.0 cm³/mol. The van der Waals surface area contributed by atoms with Crippen molar-refractivity contribution in [1.82, 2.24) is 5.32 Å². The quantitative estimate of drug-likeness (QED) is 0.498. The molecule has 0 unspecified atom stereocenters. The number of nitro benzene ring substituents is 1. The largest absolute Gasteiger partial charge is 0.573 e. The van der Waals surface area contributed by atoms with E-state index in [0.717, 1.165) is 5.56 Å². The highest BCUT2D eigenvalue weighted by molar-refractivity contribution is 5.76. The van der Waals surface area contributed by atoms with Crippen molar-refractivity contribution in [3.8, 4) is 5.75 Å². The van der Waals surface area contributed by atoms with Crippen LogP contribution >= 0.6 is 0 Å². The lowest BCUT2D eigenvalue weighted by molar-refractivity contribution is -0.384. The normalized spacial score (nSPS) is 11.0. The number of rotatable bonds is 9. The number of alkyl halides is 3. The number of para-hydroxylation sites is 2. The number of carbonyl (C=O) groups excluding carboxylic acids is 1. The third-order valence-corrected chi connectivity index (χ3v) is 3.66. The minimum absolute atomic E-state index is 0.0687. The topological polar surface area (TPSA) is 93.5 Å². The molecule has 2 aromatic carbocycles.